The SMILES string of the molecule is CCc1c(F)ccc2cc(O)cc(-c3ncc4c(N5CCC[C@@](C)(O)C5)nc(OC[C@]56CCCN5[C@H](COC(=O)N(C)C)CC6)nc4c3F)c12. The number of pyridine rings is 1. The van der Waals surface area contributed by atoms with Gasteiger partial charge in [0.15, 0.2) is 5.82 Å². The molecule has 2 aromatic heterocycles. The molecule has 0 saturated carbocycles. The minimum atomic E-state index is -0.970. The first-order chi connectivity index (χ1) is 23.9. The molecule has 13 heteroatoms. The van der Waals surface area contributed by atoms with E-state index < -0.39 is 17.2 Å². The smallest absolute Gasteiger partial charge is 0.409 e. The number of phenols is 1. The summed E-state index contributed by atoms with van der Waals surface area (Å²) >= 11 is 0. The van der Waals surface area contributed by atoms with E-state index in [4.69, 9.17) is 14.5 Å². The Labute approximate surface area is 289 Å². The third-order valence-corrected chi connectivity index (χ3v) is 10.6. The number of aryl methyl sites for hydroxylation is 1. The number of phenolic OH excluding ortho intramolecular Hbond substituents is 1. The number of fused-ring (bicyclic) bond motifs is 3. The molecule has 3 aliphatic heterocycles. The molecule has 3 fully saturated rings. The van der Waals surface area contributed by atoms with Crippen LogP contribution in [0, 0.1) is 11.6 Å². The van der Waals surface area contributed by atoms with E-state index in [1.807, 2.05) is 11.8 Å². The predicted molar refractivity (Wildman–Crippen MR) is 186 cm³/mol. The third kappa shape index (κ3) is 6.14. The Morgan fingerprint density at radius 1 is 1.12 bits per heavy atom. The number of anilines is 1. The summed E-state index contributed by atoms with van der Waals surface area (Å²) in [6.45, 7) is 5.87. The van der Waals surface area contributed by atoms with Crippen LogP contribution in [0.1, 0.15) is 57.9 Å². The number of amides is 1. The molecular weight excluding hydrogens is 646 g/mol. The van der Waals surface area contributed by atoms with Gasteiger partial charge in [-0.2, -0.15) is 9.97 Å². The van der Waals surface area contributed by atoms with E-state index in [0.717, 1.165) is 32.2 Å². The highest BCUT2D eigenvalue weighted by molar-refractivity contribution is 6.01. The molecule has 0 unspecified atom stereocenters. The van der Waals surface area contributed by atoms with Crippen LogP contribution in [0.2, 0.25) is 0 Å². The van der Waals surface area contributed by atoms with Crippen LogP contribution in [0.5, 0.6) is 11.8 Å². The molecule has 4 aromatic rings. The Balaban J connectivity index is 1.29. The van der Waals surface area contributed by atoms with Crippen LogP contribution in [-0.4, -0.2) is 105 Å². The molecule has 0 aliphatic carbocycles. The van der Waals surface area contributed by atoms with E-state index in [1.165, 1.54) is 29.3 Å². The Bertz CT molecular complexity index is 1960. The number of halogens is 2. The predicted octanol–water partition coefficient (Wildman–Crippen LogP) is 5.82. The van der Waals surface area contributed by atoms with E-state index in [0.29, 0.717) is 60.0 Å². The highest BCUT2D eigenvalue weighted by Crippen LogP contribution is 2.44. The van der Waals surface area contributed by atoms with Crippen molar-refractivity contribution in [1.82, 2.24) is 24.8 Å². The van der Waals surface area contributed by atoms with E-state index in [2.05, 4.69) is 14.9 Å². The van der Waals surface area contributed by atoms with Gasteiger partial charge in [0.2, 0.25) is 0 Å². The number of nitrogens with zero attached hydrogens (tertiary/aromatic N) is 6. The topological polar surface area (TPSA) is 124 Å². The van der Waals surface area contributed by atoms with Gasteiger partial charge < -0.3 is 29.5 Å². The largest absolute Gasteiger partial charge is 0.508 e. The second-order valence-electron chi connectivity index (χ2n) is 14.5. The summed E-state index contributed by atoms with van der Waals surface area (Å²) in [5, 5.41) is 23.0. The maximum Gasteiger partial charge on any atom is 0.409 e. The van der Waals surface area contributed by atoms with Gasteiger partial charge in [-0.1, -0.05) is 13.0 Å². The van der Waals surface area contributed by atoms with Crippen molar-refractivity contribution < 1.29 is 33.3 Å². The van der Waals surface area contributed by atoms with Crippen LogP contribution in [0.25, 0.3) is 32.9 Å². The van der Waals surface area contributed by atoms with Crippen LogP contribution >= 0.6 is 0 Å². The first-order valence-electron chi connectivity index (χ1n) is 17.4. The van der Waals surface area contributed by atoms with Gasteiger partial charge in [0.1, 0.15) is 41.8 Å². The Morgan fingerprint density at radius 2 is 1.92 bits per heavy atom. The van der Waals surface area contributed by atoms with Crippen molar-refractivity contribution in [3.05, 3.63) is 47.7 Å². The Morgan fingerprint density at radius 3 is 2.68 bits per heavy atom. The summed E-state index contributed by atoms with van der Waals surface area (Å²) < 4.78 is 43.9. The van der Waals surface area contributed by atoms with Crippen LogP contribution in [0.4, 0.5) is 19.4 Å². The van der Waals surface area contributed by atoms with Gasteiger partial charge in [-0.15, -0.1) is 0 Å². The lowest BCUT2D eigenvalue weighted by atomic mass is 9.94. The summed E-state index contributed by atoms with van der Waals surface area (Å²) in [6.07, 6.45) is 6.36. The molecule has 0 radical (unpaired) electrons. The number of hydrogen-bond donors (Lipinski definition) is 2. The van der Waals surface area contributed by atoms with Crippen molar-refractivity contribution in [1.29, 1.82) is 0 Å². The summed E-state index contributed by atoms with van der Waals surface area (Å²) in [5.41, 5.74) is -0.716. The number of carbonyl (C=O) groups is 1. The van der Waals surface area contributed by atoms with E-state index in [-0.39, 0.29) is 59.4 Å². The minimum Gasteiger partial charge on any atom is -0.508 e. The number of ether oxygens (including phenoxy) is 2. The molecule has 3 atom stereocenters. The van der Waals surface area contributed by atoms with Crippen molar-refractivity contribution in [2.24, 2.45) is 0 Å². The van der Waals surface area contributed by atoms with Gasteiger partial charge in [0, 0.05) is 45.0 Å². The molecule has 2 N–H and O–H groups in total. The quantitative estimate of drug-likeness (QED) is 0.234. The number of hydrogen-bond acceptors (Lipinski definition) is 10. The maximum absolute atomic E-state index is 16.9. The second kappa shape index (κ2) is 13.1. The maximum atomic E-state index is 16.9. The van der Waals surface area contributed by atoms with Gasteiger partial charge in [-0.25, -0.2) is 13.6 Å². The van der Waals surface area contributed by atoms with Gasteiger partial charge >= 0.3 is 12.1 Å². The molecule has 7 rings (SSSR count). The lowest BCUT2D eigenvalue weighted by Crippen LogP contribution is -2.48. The first kappa shape index (κ1) is 34.1. The fourth-order valence-corrected chi connectivity index (χ4v) is 8.23. The van der Waals surface area contributed by atoms with Gasteiger partial charge in [-0.3, -0.25) is 9.88 Å². The number of aromatic hydroxyl groups is 1. The average molecular weight is 691 g/mol. The van der Waals surface area contributed by atoms with Crippen LogP contribution in [0.15, 0.2) is 30.5 Å². The molecule has 3 saturated heterocycles. The van der Waals surface area contributed by atoms with E-state index >= 15 is 8.78 Å². The monoisotopic (exact) mass is 690 g/mol. The minimum absolute atomic E-state index is 0.00136. The molecule has 0 spiro atoms. The molecule has 2 aromatic carbocycles. The number of rotatable bonds is 8. The average Bonchev–Trinajstić information content (AvgIpc) is 3.65. The van der Waals surface area contributed by atoms with Crippen LogP contribution < -0.4 is 9.64 Å². The zero-order chi connectivity index (χ0) is 35.4. The normalized spacial score (nSPS) is 23.8. The van der Waals surface area contributed by atoms with Crippen molar-refractivity contribution in [2.45, 2.75) is 76.0 Å². The zero-order valence-electron chi connectivity index (χ0n) is 29.0. The lowest BCUT2D eigenvalue weighted by Gasteiger charge is -2.38. The highest BCUT2D eigenvalue weighted by Gasteiger charge is 2.50. The number of aromatic nitrogens is 3. The number of aliphatic hydroxyl groups is 1. The fraction of sp³-hybridized carbons (Fsp3) is 0.514. The zero-order valence-corrected chi connectivity index (χ0v) is 29.0. The summed E-state index contributed by atoms with van der Waals surface area (Å²) in [7, 11) is 3.31. The Hall–Kier alpha value is -4.36. The third-order valence-electron chi connectivity index (χ3n) is 10.6. The summed E-state index contributed by atoms with van der Waals surface area (Å²) in [5.74, 6) is -0.861. The van der Waals surface area contributed by atoms with Gasteiger partial charge in [-0.05, 0) is 92.9 Å². The standard InChI is InChI=1S/C37H44F2N6O5/c1-5-25-28(38)9-8-22-16-24(46)17-26(29(22)25)31-30(39)32-27(18-40-31)33(44-14-6-11-36(2,48)20-44)42-34(41-32)50-21-37-12-7-15-45(37)23(10-13-37)19-49-35(47)43(3)4/h8-9,16-18,23,46,48H,5-7,10-15,19-21H2,1-4H3/t23-,36+,37+/m0/s1. The summed E-state index contributed by atoms with van der Waals surface area (Å²) in [4.78, 5) is 31.8. The van der Waals surface area contributed by atoms with Crippen molar-refractivity contribution >= 4 is 33.6 Å². The van der Waals surface area contributed by atoms with E-state index in [1.54, 1.807) is 27.1 Å². The van der Waals surface area contributed by atoms with Gasteiger partial charge in [0.05, 0.1) is 16.5 Å². The molecule has 1 amide bonds. The molecule has 50 heavy (non-hydrogen) atoms. The molecule has 5 heterocycles. The molecular formula is C37H44F2N6O5. The highest BCUT2D eigenvalue weighted by atomic mass is 19.1. The van der Waals surface area contributed by atoms with Crippen molar-refractivity contribution in [2.75, 3.05) is 51.8 Å². The van der Waals surface area contributed by atoms with E-state index in [9.17, 15) is 15.0 Å². The number of piperidine rings is 1. The lowest BCUT2D eigenvalue weighted by molar-refractivity contribution is 0.0442. The first-order valence-corrected chi connectivity index (χ1v) is 17.4. The van der Waals surface area contributed by atoms with Crippen molar-refractivity contribution in [3.8, 4) is 23.0 Å². The van der Waals surface area contributed by atoms with Crippen LogP contribution in [0.3, 0.4) is 0 Å². The molecule has 0 bridgehead atoms. The van der Waals surface area contributed by atoms with Crippen LogP contribution in [-0.2, 0) is 11.2 Å². The Kier molecular flexibility index (Phi) is 8.92. The molecule has 3 aliphatic rings. The second-order valence-corrected chi connectivity index (χ2v) is 14.5. The van der Waals surface area contributed by atoms with Crippen molar-refractivity contribution in [3.63, 3.8) is 0 Å². The summed E-state index contributed by atoms with van der Waals surface area (Å²) in [6, 6.07) is 5.90. The molecule has 11 nitrogen and oxygen atoms in total. The van der Waals surface area contributed by atoms with Gasteiger partial charge in [0.25, 0.3) is 0 Å². The number of β-amino-alcohol motifs (C(OH)–C–C–N with tert-alkyl or cyclic N) is 1. The fourth-order valence-electron chi connectivity index (χ4n) is 8.23. The number of benzene rings is 2. The molecule has 266 valence electrons. The number of carbonyl (C=O) groups excluding carboxylic acids is 1.